The number of hydrogen-bond acceptors (Lipinski definition) is 4. The third-order valence-electron chi connectivity index (χ3n) is 3.60. The maximum atomic E-state index is 12.4. The molecule has 2 aromatic heterocycles. The standard InChI is InChI=1S/C16H14N4O3/c1-18-14-13(15(22)19(2)16(18)23)20(10-17-14)12(21)9-8-11-6-4-3-5-7-11/h3-10H,1-2H3/b9-8+. The molecule has 3 aromatic rings. The summed E-state index contributed by atoms with van der Waals surface area (Å²) in [5, 5.41) is 0. The number of fused-ring (bicyclic) bond motifs is 1. The number of allylic oxidation sites excluding steroid dienone is 1. The first-order valence-electron chi connectivity index (χ1n) is 6.91. The second-order valence-electron chi connectivity index (χ2n) is 5.07. The minimum absolute atomic E-state index is 0.0808. The maximum absolute atomic E-state index is 12.4. The number of aryl methyl sites for hydroxylation is 1. The van der Waals surface area contributed by atoms with E-state index >= 15 is 0 Å². The van der Waals surface area contributed by atoms with E-state index in [0.29, 0.717) is 0 Å². The van der Waals surface area contributed by atoms with Gasteiger partial charge in [0.2, 0.25) is 0 Å². The van der Waals surface area contributed by atoms with Crippen molar-refractivity contribution in [3.8, 4) is 0 Å². The zero-order chi connectivity index (χ0) is 16.6. The number of aromatic nitrogens is 4. The molecule has 0 bridgehead atoms. The lowest BCUT2D eigenvalue weighted by atomic mass is 10.2. The van der Waals surface area contributed by atoms with Gasteiger partial charge in [-0.05, 0) is 11.6 Å². The van der Waals surface area contributed by atoms with E-state index in [2.05, 4.69) is 4.98 Å². The van der Waals surface area contributed by atoms with Crippen LogP contribution in [-0.2, 0) is 14.1 Å². The molecule has 0 N–H and O–H groups in total. The van der Waals surface area contributed by atoms with E-state index in [-0.39, 0.29) is 11.2 Å². The van der Waals surface area contributed by atoms with E-state index in [1.165, 1.54) is 31.1 Å². The lowest BCUT2D eigenvalue weighted by Gasteiger charge is -2.04. The van der Waals surface area contributed by atoms with Crippen molar-refractivity contribution in [2.75, 3.05) is 0 Å². The fourth-order valence-electron chi connectivity index (χ4n) is 2.32. The van der Waals surface area contributed by atoms with Gasteiger partial charge in [0.15, 0.2) is 11.2 Å². The summed E-state index contributed by atoms with van der Waals surface area (Å²) in [6.07, 6.45) is 4.27. The van der Waals surface area contributed by atoms with Gasteiger partial charge in [0, 0.05) is 20.2 Å². The van der Waals surface area contributed by atoms with E-state index in [4.69, 9.17) is 0 Å². The van der Waals surface area contributed by atoms with Gasteiger partial charge in [-0.3, -0.25) is 23.3 Å². The molecule has 0 atom stereocenters. The summed E-state index contributed by atoms with van der Waals surface area (Å²) in [5.74, 6) is -0.410. The largest absolute Gasteiger partial charge is 0.332 e. The highest BCUT2D eigenvalue weighted by atomic mass is 16.2. The first kappa shape index (κ1) is 14.7. The van der Waals surface area contributed by atoms with E-state index in [1.54, 1.807) is 6.08 Å². The third-order valence-corrected chi connectivity index (χ3v) is 3.60. The van der Waals surface area contributed by atoms with Crippen LogP contribution in [0.15, 0.2) is 52.3 Å². The Bertz CT molecular complexity index is 1040. The van der Waals surface area contributed by atoms with Crippen LogP contribution in [0, 0.1) is 0 Å². The number of rotatable bonds is 2. The predicted molar refractivity (Wildman–Crippen MR) is 86.3 cm³/mol. The van der Waals surface area contributed by atoms with E-state index in [9.17, 15) is 14.4 Å². The molecule has 0 saturated carbocycles. The lowest BCUT2D eigenvalue weighted by Crippen LogP contribution is -2.37. The first-order valence-corrected chi connectivity index (χ1v) is 6.91. The summed E-state index contributed by atoms with van der Waals surface area (Å²) in [6, 6.07) is 9.33. The molecule has 0 radical (unpaired) electrons. The van der Waals surface area contributed by atoms with Crippen molar-refractivity contribution < 1.29 is 4.79 Å². The quantitative estimate of drug-likeness (QED) is 0.656. The van der Waals surface area contributed by atoms with Crippen LogP contribution in [0.1, 0.15) is 10.4 Å². The summed E-state index contributed by atoms with van der Waals surface area (Å²) in [6.45, 7) is 0. The SMILES string of the molecule is Cn1c(=O)c2c(ncn2C(=O)/C=C/c2ccccc2)n(C)c1=O. The molecule has 0 aliphatic carbocycles. The van der Waals surface area contributed by atoms with Crippen LogP contribution >= 0.6 is 0 Å². The predicted octanol–water partition coefficient (Wildman–Crippen LogP) is 0.787. The van der Waals surface area contributed by atoms with Crippen molar-refractivity contribution in [3.05, 3.63) is 69.1 Å². The van der Waals surface area contributed by atoms with Crippen molar-refractivity contribution in [1.29, 1.82) is 0 Å². The highest BCUT2D eigenvalue weighted by Crippen LogP contribution is 2.07. The second-order valence-corrected chi connectivity index (χ2v) is 5.07. The number of imidazole rings is 1. The van der Waals surface area contributed by atoms with Crippen molar-refractivity contribution >= 4 is 23.1 Å². The Morgan fingerprint density at radius 3 is 2.48 bits per heavy atom. The second kappa shape index (κ2) is 5.53. The van der Waals surface area contributed by atoms with Gasteiger partial charge in [0.25, 0.3) is 11.5 Å². The van der Waals surface area contributed by atoms with Crippen LogP contribution in [0.3, 0.4) is 0 Å². The molecule has 116 valence electrons. The molecular formula is C16H14N4O3. The topological polar surface area (TPSA) is 78.9 Å². The molecule has 3 rings (SSSR count). The molecule has 0 amide bonds. The molecule has 0 fully saturated rings. The number of carbonyl (C=O) groups excluding carboxylic acids is 1. The van der Waals surface area contributed by atoms with Crippen molar-refractivity contribution in [2.45, 2.75) is 0 Å². The van der Waals surface area contributed by atoms with Crippen LogP contribution in [0.4, 0.5) is 0 Å². The molecule has 0 aliphatic rings. The molecule has 0 spiro atoms. The van der Waals surface area contributed by atoms with Crippen LogP contribution in [0.25, 0.3) is 17.2 Å². The van der Waals surface area contributed by atoms with E-state index in [0.717, 1.165) is 14.7 Å². The number of hydrogen-bond donors (Lipinski definition) is 0. The van der Waals surface area contributed by atoms with Crippen LogP contribution < -0.4 is 11.2 Å². The van der Waals surface area contributed by atoms with Crippen molar-refractivity contribution in [1.82, 2.24) is 18.7 Å². The van der Waals surface area contributed by atoms with Crippen LogP contribution in [0.5, 0.6) is 0 Å². The fraction of sp³-hybridized carbons (Fsp3) is 0.125. The van der Waals surface area contributed by atoms with E-state index < -0.39 is 17.2 Å². The summed E-state index contributed by atoms with van der Waals surface area (Å²) >= 11 is 0. The van der Waals surface area contributed by atoms with Gasteiger partial charge in [-0.15, -0.1) is 0 Å². The normalized spacial score (nSPS) is 11.4. The number of carbonyl (C=O) groups is 1. The van der Waals surface area contributed by atoms with Gasteiger partial charge in [0.05, 0.1) is 0 Å². The molecule has 0 saturated heterocycles. The van der Waals surface area contributed by atoms with Crippen LogP contribution in [-0.4, -0.2) is 24.6 Å². The van der Waals surface area contributed by atoms with E-state index in [1.807, 2.05) is 30.3 Å². The molecule has 1 aromatic carbocycles. The molecule has 0 aliphatic heterocycles. The Morgan fingerprint density at radius 2 is 1.78 bits per heavy atom. The number of benzene rings is 1. The Labute approximate surface area is 130 Å². The highest BCUT2D eigenvalue weighted by Gasteiger charge is 2.16. The smallest absolute Gasteiger partial charge is 0.279 e. The fourth-order valence-corrected chi connectivity index (χ4v) is 2.32. The minimum Gasteiger partial charge on any atom is -0.279 e. The monoisotopic (exact) mass is 310 g/mol. The molecule has 7 nitrogen and oxygen atoms in total. The Balaban J connectivity index is 2.11. The van der Waals surface area contributed by atoms with Gasteiger partial charge in [0.1, 0.15) is 6.33 Å². The van der Waals surface area contributed by atoms with Gasteiger partial charge in [-0.2, -0.15) is 0 Å². The zero-order valence-corrected chi connectivity index (χ0v) is 12.6. The van der Waals surface area contributed by atoms with Gasteiger partial charge in [-0.1, -0.05) is 30.3 Å². The zero-order valence-electron chi connectivity index (χ0n) is 12.6. The Morgan fingerprint density at radius 1 is 1.09 bits per heavy atom. The number of nitrogens with zero attached hydrogens (tertiary/aromatic N) is 4. The molecule has 7 heteroatoms. The first-order chi connectivity index (χ1) is 11.0. The molecular weight excluding hydrogens is 296 g/mol. The average molecular weight is 310 g/mol. The summed E-state index contributed by atoms with van der Waals surface area (Å²) in [5.41, 5.74) is 0.0875. The van der Waals surface area contributed by atoms with Crippen molar-refractivity contribution in [2.24, 2.45) is 14.1 Å². The third kappa shape index (κ3) is 2.42. The minimum atomic E-state index is -0.554. The average Bonchev–Trinajstić information content (AvgIpc) is 3.02. The van der Waals surface area contributed by atoms with Crippen LogP contribution in [0.2, 0.25) is 0 Å². The van der Waals surface area contributed by atoms with Gasteiger partial charge < -0.3 is 0 Å². The van der Waals surface area contributed by atoms with Crippen molar-refractivity contribution in [3.63, 3.8) is 0 Å². The van der Waals surface area contributed by atoms with Gasteiger partial charge >= 0.3 is 5.69 Å². The Kier molecular flexibility index (Phi) is 3.53. The molecule has 23 heavy (non-hydrogen) atoms. The summed E-state index contributed by atoms with van der Waals surface area (Å²) < 4.78 is 3.34. The summed E-state index contributed by atoms with van der Waals surface area (Å²) in [7, 11) is 2.87. The Hall–Kier alpha value is -3.22. The summed E-state index contributed by atoms with van der Waals surface area (Å²) in [4.78, 5) is 40.5. The highest BCUT2D eigenvalue weighted by molar-refractivity contribution is 5.98. The van der Waals surface area contributed by atoms with Gasteiger partial charge in [-0.25, -0.2) is 9.78 Å². The molecule has 2 heterocycles. The lowest BCUT2D eigenvalue weighted by molar-refractivity contribution is 0.0974. The maximum Gasteiger partial charge on any atom is 0.332 e. The molecule has 0 unspecified atom stereocenters.